The number of hydrogen-bond acceptors (Lipinski definition) is 3. The molecule has 0 bridgehead atoms. The standard InChI is InChI=1S/C27H31ClN2O2/c1-2-3-4-5-11-18-32-26-17-16-23(28)19-22(26)20-29-24-14-9-10-15-25(24)30-27(31)21-12-7-6-8-13-21/h6-10,12-17,19,29H,2-5,11,18,20H2,1H3,(H,30,31). The van der Waals surface area contributed by atoms with Crippen LogP contribution in [-0.4, -0.2) is 12.5 Å². The Morgan fingerprint density at radius 1 is 0.875 bits per heavy atom. The van der Waals surface area contributed by atoms with E-state index in [-0.39, 0.29) is 5.91 Å². The number of hydrogen-bond donors (Lipinski definition) is 2. The number of halogens is 1. The molecule has 5 heteroatoms. The minimum atomic E-state index is -0.144. The largest absolute Gasteiger partial charge is 0.493 e. The van der Waals surface area contributed by atoms with Crippen LogP contribution in [0.15, 0.2) is 72.8 Å². The number of carbonyl (C=O) groups is 1. The maximum Gasteiger partial charge on any atom is 0.255 e. The van der Waals surface area contributed by atoms with E-state index in [4.69, 9.17) is 16.3 Å². The van der Waals surface area contributed by atoms with Gasteiger partial charge in [0.2, 0.25) is 0 Å². The fourth-order valence-corrected chi connectivity index (χ4v) is 3.63. The van der Waals surface area contributed by atoms with E-state index in [1.807, 2.05) is 60.7 Å². The highest BCUT2D eigenvalue weighted by Crippen LogP contribution is 2.27. The summed E-state index contributed by atoms with van der Waals surface area (Å²) in [6, 6.07) is 22.5. The normalized spacial score (nSPS) is 10.6. The van der Waals surface area contributed by atoms with Crippen molar-refractivity contribution in [1.82, 2.24) is 0 Å². The number of para-hydroxylation sites is 2. The van der Waals surface area contributed by atoms with Gasteiger partial charge in [-0.3, -0.25) is 4.79 Å². The first-order chi connectivity index (χ1) is 15.7. The Morgan fingerprint density at radius 3 is 2.38 bits per heavy atom. The van der Waals surface area contributed by atoms with Crippen LogP contribution >= 0.6 is 11.6 Å². The maximum absolute atomic E-state index is 12.6. The van der Waals surface area contributed by atoms with Crippen molar-refractivity contribution >= 4 is 28.9 Å². The molecule has 168 valence electrons. The molecule has 0 spiro atoms. The van der Waals surface area contributed by atoms with Gasteiger partial charge in [-0.15, -0.1) is 0 Å². The summed E-state index contributed by atoms with van der Waals surface area (Å²) < 4.78 is 6.05. The maximum atomic E-state index is 12.6. The summed E-state index contributed by atoms with van der Waals surface area (Å²) in [7, 11) is 0. The fourth-order valence-electron chi connectivity index (χ4n) is 3.44. The van der Waals surface area contributed by atoms with Crippen LogP contribution in [0.1, 0.15) is 54.9 Å². The lowest BCUT2D eigenvalue weighted by Gasteiger charge is -2.16. The highest BCUT2D eigenvalue weighted by atomic mass is 35.5. The SMILES string of the molecule is CCCCCCCOc1ccc(Cl)cc1CNc1ccccc1NC(=O)c1ccccc1. The van der Waals surface area contributed by atoms with Gasteiger partial charge in [-0.25, -0.2) is 0 Å². The number of rotatable bonds is 12. The molecular weight excluding hydrogens is 420 g/mol. The Morgan fingerprint density at radius 2 is 1.59 bits per heavy atom. The van der Waals surface area contributed by atoms with Crippen LogP contribution < -0.4 is 15.4 Å². The summed E-state index contributed by atoms with van der Waals surface area (Å²) in [5.41, 5.74) is 3.16. The Balaban J connectivity index is 1.63. The molecule has 0 fully saturated rings. The number of anilines is 2. The number of unbranched alkanes of at least 4 members (excludes halogenated alkanes) is 4. The summed E-state index contributed by atoms with van der Waals surface area (Å²) in [5, 5.41) is 7.08. The first-order valence-corrected chi connectivity index (χ1v) is 11.7. The van der Waals surface area contributed by atoms with Gasteiger partial charge in [0.05, 0.1) is 18.0 Å². The molecule has 3 aromatic carbocycles. The molecule has 0 aliphatic heterocycles. The van der Waals surface area contributed by atoms with Crippen LogP contribution in [0, 0.1) is 0 Å². The zero-order valence-electron chi connectivity index (χ0n) is 18.6. The van der Waals surface area contributed by atoms with E-state index in [0.717, 1.165) is 29.1 Å². The molecule has 0 saturated heterocycles. The van der Waals surface area contributed by atoms with Crippen LogP contribution in [0.4, 0.5) is 11.4 Å². The van der Waals surface area contributed by atoms with Gasteiger partial charge in [0.1, 0.15) is 5.75 Å². The molecule has 0 heterocycles. The topological polar surface area (TPSA) is 50.4 Å². The van der Waals surface area contributed by atoms with Crippen molar-refractivity contribution in [3.63, 3.8) is 0 Å². The monoisotopic (exact) mass is 450 g/mol. The molecule has 0 aromatic heterocycles. The quantitative estimate of drug-likeness (QED) is 0.280. The van der Waals surface area contributed by atoms with Crippen LogP contribution in [0.2, 0.25) is 5.02 Å². The van der Waals surface area contributed by atoms with Crippen molar-refractivity contribution in [2.75, 3.05) is 17.2 Å². The third-order valence-electron chi connectivity index (χ3n) is 5.21. The predicted molar refractivity (Wildman–Crippen MR) is 134 cm³/mol. The van der Waals surface area contributed by atoms with Gasteiger partial charge >= 0.3 is 0 Å². The Bertz CT molecular complexity index is 992. The molecule has 0 radical (unpaired) electrons. The molecule has 0 saturated carbocycles. The first kappa shape index (κ1) is 23.7. The van der Waals surface area contributed by atoms with Gasteiger partial charge in [0.25, 0.3) is 5.91 Å². The molecule has 3 rings (SSSR count). The van der Waals surface area contributed by atoms with Crippen LogP contribution in [0.3, 0.4) is 0 Å². The second-order valence-corrected chi connectivity index (χ2v) is 8.17. The third-order valence-corrected chi connectivity index (χ3v) is 5.44. The molecule has 3 aromatic rings. The predicted octanol–water partition coefficient (Wildman–Crippen LogP) is 7.55. The lowest BCUT2D eigenvalue weighted by Crippen LogP contribution is -2.13. The van der Waals surface area contributed by atoms with E-state index in [2.05, 4.69) is 17.6 Å². The Labute approximate surface area is 196 Å². The smallest absolute Gasteiger partial charge is 0.255 e. The average molecular weight is 451 g/mol. The average Bonchev–Trinajstić information content (AvgIpc) is 2.82. The van der Waals surface area contributed by atoms with Crippen LogP contribution in [-0.2, 0) is 6.54 Å². The second-order valence-electron chi connectivity index (χ2n) is 7.73. The number of ether oxygens (including phenoxy) is 1. The first-order valence-electron chi connectivity index (χ1n) is 11.3. The van der Waals surface area contributed by atoms with Crippen molar-refractivity contribution in [3.8, 4) is 5.75 Å². The fraction of sp³-hybridized carbons (Fsp3) is 0.296. The van der Waals surface area contributed by atoms with Crippen molar-refractivity contribution < 1.29 is 9.53 Å². The molecular formula is C27H31ClN2O2. The highest BCUT2D eigenvalue weighted by molar-refractivity contribution is 6.30. The minimum Gasteiger partial charge on any atom is -0.493 e. The molecule has 0 aliphatic carbocycles. The number of nitrogens with one attached hydrogen (secondary N) is 2. The number of carbonyl (C=O) groups excluding carboxylic acids is 1. The van der Waals surface area contributed by atoms with Crippen LogP contribution in [0.5, 0.6) is 5.75 Å². The highest BCUT2D eigenvalue weighted by Gasteiger charge is 2.10. The summed E-state index contributed by atoms with van der Waals surface area (Å²) >= 11 is 6.24. The number of benzene rings is 3. The lowest BCUT2D eigenvalue weighted by atomic mass is 10.1. The Hall–Kier alpha value is -2.98. The van der Waals surface area contributed by atoms with Gasteiger partial charge < -0.3 is 15.4 Å². The molecule has 0 aliphatic rings. The lowest BCUT2D eigenvalue weighted by molar-refractivity contribution is 0.102. The molecule has 4 nitrogen and oxygen atoms in total. The van der Waals surface area contributed by atoms with Gasteiger partial charge in [0.15, 0.2) is 0 Å². The van der Waals surface area contributed by atoms with Gasteiger partial charge in [-0.2, -0.15) is 0 Å². The molecule has 0 atom stereocenters. The summed E-state index contributed by atoms with van der Waals surface area (Å²) in [5.74, 6) is 0.692. The zero-order chi connectivity index (χ0) is 22.6. The van der Waals surface area contributed by atoms with E-state index >= 15 is 0 Å². The number of amides is 1. The van der Waals surface area contributed by atoms with E-state index in [9.17, 15) is 4.79 Å². The second kappa shape index (κ2) is 12.8. The van der Waals surface area contributed by atoms with Crippen LogP contribution in [0.25, 0.3) is 0 Å². The third kappa shape index (κ3) is 7.31. The van der Waals surface area contributed by atoms with E-state index < -0.39 is 0 Å². The molecule has 1 amide bonds. The molecule has 0 unspecified atom stereocenters. The van der Waals surface area contributed by atoms with Gasteiger partial charge in [-0.1, -0.05) is 74.5 Å². The summed E-state index contributed by atoms with van der Waals surface area (Å²) in [4.78, 5) is 12.6. The van der Waals surface area contributed by atoms with E-state index in [0.29, 0.717) is 23.7 Å². The van der Waals surface area contributed by atoms with Gasteiger partial charge in [0, 0.05) is 22.7 Å². The summed E-state index contributed by atoms with van der Waals surface area (Å²) in [6.07, 6.45) is 5.99. The summed E-state index contributed by atoms with van der Waals surface area (Å²) in [6.45, 7) is 3.45. The molecule has 32 heavy (non-hydrogen) atoms. The zero-order valence-corrected chi connectivity index (χ0v) is 19.3. The Kier molecular flexibility index (Phi) is 9.45. The van der Waals surface area contributed by atoms with E-state index in [1.165, 1.54) is 25.7 Å². The minimum absolute atomic E-state index is 0.144. The van der Waals surface area contributed by atoms with Crippen molar-refractivity contribution in [2.45, 2.75) is 45.6 Å². The van der Waals surface area contributed by atoms with E-state index in [1.54, 1.807) is 12.1 Å². The van der Waals surface area contributed by atoms with Crippen molar-refractivity contribution in [1.29, 1.82) is 0 Å². The van der Waals surface area contributed by atoms with Crippen molar-refractivity contribution in [2.24, 2.45) is 0 Å². The van der Waals surface area contributed by atoms with Gasteiger partial charge in [-0.05, 0) is 48.9 Å². The van der Waals surface area contributed by atoms with Crippen molar-refractivity contribution in [3.05, 3.63) is 88.9 Å². The molecule has 2 N–H and O–H groups in total.